The zero-order chi connectivity index (χ0) is 81.8. The normalized spacial score (nSPS) is 13.7. The van der Waals surface area contributed by atoms with Gasteiger partial charge in [0.25, 0.3) is 0 Å². The number of carbonyl (C=O) groups is 4. The number of aliphatic hydroxyl groups excluding tert-OH is 1. The molecule has 0 heterocycles. The summed E-state index contributed by atoms with van der Waals surface area (Å²) in [6, 6.07) is 0. The largest absolute Gasteiger partial charge is 0.472 e. The van der Waals surface area contributed by atoms with Gasteiger partial charge < -0.3 is 33.8 Å². The highest BCUT2D eigenvalue weighted by molar-refractivity contribution is 7.47. The highest BCUT2D eigenvalue weighted by Crippen LogP contribution is 2.45. The topological polar surface area (TPSA) is 237 Å². The maximum atomic E-state index is 13.2. The van der Waals surface area contributed by atoms with Crippen molar-refractivity contribution in [2.24, 2.45) is 5.92 Å². The second kappa shape index (κ2) is 85.5. The molecule has 0 spiro atoms. The fraction of sp³-hybridized carbons (Fsp3) is 0.957. The Hall–Kier alpha value is -1.94. The predicted octanol–water partition coefficient (Wildman–Crippen LogP) is 29.1. The maximum Gasteiger partial charge on any atom is 0.472 e. The fourth-order valence-electron chi connectivity index (χ4n) is 14.7. The Morgan fingerprint density at radius 3 is 0.607 bits per heavy atom. The van der Waals surface area contributed by atoms with Gasteiger partial charge in [-0.1, -0.05) is 458 Å². The molecule has 0 rings (SSSR count). The van der Waals surface area contributed by atoms with Crippen LogP contribution in [-0.2, 0) is 65.4 Å². The number of rotatable bonds is 93. The maximum absolute atomic E-state index is 13.2. The number of hydrogen-bond donors (Lipinski definition) is 3. The molecule has 5 atom stereocenters. The van der Waals surface area contributed by atoms with E-state index in [1.807, 2.05) is 0 Å². The molecule has 0 aliphatic rings. The second-order valence-corrected chi connectivity index (χ2v) is 36.8. The highest BCUT2D eigenvalue weighted by atomic mass is 31.2. The number of aliphatic hydroxyl groups is 1. The number of ether oxygens (including phenoxy) is 4. The van der Waals surface area contributed by atoms with Gasteiger partial charge in [0.2, 0.25) is 0 Å². The third-order valence-corrected chi connectivity index (χ3v) is 23.9. The molecule has 0 aliphatic heterocycles. The van der Waals surface area contributed by atoms with Crippen LogP contribution in [0.5, 0.6) is 0 Å². The van der Waals surface area contributed by atoms with Gasteiger partial charge in [0, 0.05) is 25.7 Å². The van der Waals surface area contributed by atoms with Gasteiger partial charge in [0.15, 0.2) is 12.2 Å². The molecule has 0 aromatic rings. The molecule has 0 fully saturated rings. The molecule has 0 saturated heterocycles. The average molecular weight is 1630 g/mol. The van der Waals surface area contributed by atoms with Crippen molar-refractivity contribution in [3.63, 3.8) is 0 Å². The lowest BCUT2D eigenvalue weighted by atomic mass is 10.0. The van der Waals surface area contributed by atoms with Crippen molar-refractivity contribution in [2.45, 2.75) is 528 Å². The van der Waals surface area contributed by atoms with Gasteiger partial charge >= 0.3 is 39.5 Å². The van der Waals surface area contributed by atoms with Crippen LogP contribution in [-0.4, -0.2) is 96.7 Å². The molecule has 0 saturated carbocycles. The molecule has 19 heteroatoms. The third kappa shape index (κ3) is 85.9. The molecule has 17 nitrogen and oxygen atoms in total. The van der Waals surface area contributed by atoms with Crippen molar-refractivity contribution >= 4 is 39.5 Å². The van der Waals surface area contributed by atoms with E-state index in [9.17, 15) is 43.2 Å². The molecule has 0 aromatic carbocycles. The van der Waals surface area contributed by atoms with E-state index in [1.54, 1.807) is 0 Å². The summed E-state index contributed by atoms with van der Waals surface area (Å²) in [7, 11) is -9.94. The summed E-state index contributed by atoms with van der Waals surface area (Å²) in [4.78, 5) is 73.5. The molecule has 0 radical (unpaired) electrons. The lowest BCUT2D eigenvalue weighted by Crippen LogP contribution is -2.30. The van der Waals surface area contributed by atoms with Crippen LogP contribution in [0, 0.1) is 5.92 Å². The van der Waals surface area contributed by atoms with Crippen molar-refractivity contribution in [1.82, 2.24) is 0 Å². The van der Waals surface area contributed by atoms with Crippen LogP contribution in [0.1, 0.15) is 510 Å². The standard InChI is InChI=1S/C93H182O17P2/c1-6-9-12-15-18-21-24-26-28-30-32-34-36-38-40-44-48-53-58-63-68-73-78-92(97)110-89(83-104-91(96)77-72-67-62-57-52-47-43-39-37-35-33-31-29-27-25-22-19-16-13-10-7-2)85-108-112(101,102)106-81-87(94)80-105-111(99,100)107-84-88(82-103-90(95)76-71-66-61-56-50-23-20-17-14-11-8-3)109-93(98)79-74-69-64-59-54-49-45-41-42-46-51-55-60-65-70-75-86(4)5/h86-89,94H,6-85H2,1-5H3,(H,99,100)(H,101,102)/t87-,88+,89+/m0/s1. The predicted molar refractivity (Wildman–Crippen MR) is 465 cm³/mol. The first-order valence-electron chi connectivity index (χ1n) is 48.1. The van der Waals surface area contributed by atoms with E-state index in [-0.39, 0.29) is 25.7 Å². The molecular formula is C93H182O17P2. The zero-order valence-corrected chi connectivity index (χ0v) is 75.6. The van der Waals surface area contributed by atoms with Gasteiger partial charge in [0.1, 0.15) is 19.3 Å². The molecule has 112 heavy (non-hydrogen) atoms. The number of phosphoric acid groups is 2. The molecule has 3 N–H and O–H groups in total. The van der Waals surface area contributed by atoms with E-state index in [4.69, 9.17) is 37.0 Å². The summed E-state index contributed by atoms with van der Waals surface area (Å²) < 4.78 is 69.1. The van der Waals surface area contributed by atoms with Crippen LogP contribution < -0.4 is 0 Å². The Morgan fingerprint density at radius 2 is 0.411 bits per heavy atom. The highest BCUT2D eigenvalue weighted by Gasteiger charge is 2.31. The van der Waals surface area contributed by atoms with Crippen LogP contribution in [0.15, 0.2) is 0 Å². The van der Waals surface area contributed by atoms with Crippen molar-refractivity contribution in [2.75, 3.05) is 39.6 Å². The Balaban J connectivity index is 5.22. The smallest absolute Gasteiger partial charge is 0.462 e. The van der Waals surface area contributed by atoms with E-state index in [0.717, 1.165) is 95.8 Å². The van der Waals surface area contributed by atoms with Crippen molar-refractivity contribution in [1.29, 1.82) is 0 Å². The molecule has 0 aliphatic carbocycles. The molecular weight excluding hydrogens is 1450 g/mol. The lowest BCUT2D eigenvalue weighted by molar-refractivity contribution is -0.161. The lowest BCUT2D eigenvalue weighted by Gasteiger charge is -2.21. The summed E-state index contributed by atoms with van der Waals surface area (Å²) in [6.07, 6.45) is 82.1. The summed E-state index contributed by atoms with van der Waals surface area (Å²) in [5.74, 6) is -1.29. The number of hydrogen-bond acceptors (Lipinski definition) is 15. The van der Waals surface area contributed by atoms with E-state index >= 15 is 0 Å². The van der Waals surface area contributed by atoms with Gasteiger partial charge in [-0.15, -0.1) is 0 Å². The van der Waals surface area contributed by atoms with Crippen LogP contribution in [0.4, 0.5) is 0 Å². The first-order chi connectivity index (χ1) is 54.5. The van der Waals surface area contributed by atoms with Gasteiger partial charge in [-0.2, -0.15) is 0 Å². The molecule has 666 valence electrons. The first-order valence-corrected chi connectivity index (χ1v) is 51.1. The van der Waals surface area contributed by atoms with E-state index in [1.165, 1.54) is 334 Å². The third-order valence-electron chi connectivity index (χ3n) is 22.0. The SMILES string of the molecule is CCCCCCCCCCCCCCCCCCCCCCCCC(=O)O[C@H](COC(=O)CCCCCCCCCCCCCCCCCCCCCCC)COP(=O)(O)OC[C@@H](O)COP(=O)(O)OC[C@@H](COC(=O)CCCCCCCCCCCCC)OC(=O)CCCCCCCCCCCCCCCCCC(C)C. The molecule has 0 amide bonds. The fourth-order valence-corrected chi connectivity index (χ4v) is 16.3. The zero-order valence-electron chi connectivity index (χ0n) is 73.8. The number of carbonyl (C=O) groups excluding carboxylic acids is 4. The van der Waals surface area contributed by atoms with Gasteiger partial charge in [-0.3, -0.25) is 37.3 Å². The van der Waals surface area contributed by atoms with Gasteiger partial charge in [-0.25, -0.2) is 9.13 Å². The quantitative estimate of drug-likeness (QED) is 0.0222. The molecule has 0 aromatic heterocycles. The Labute approximate surface area is 689 Å². The van der Waals surface area contributed by atoms with E-state index in [2.05, 4.69) is 34.6 Å². The summed E-state index contributed by atoms with van der Waals surface area (Å²) in [5, 5.41) is 10.7. The number of esters is 4. The van der Waals surface area contributed by atoms with Crippen molar-refractivity contribution in [3.8, 4) is 0 Å². The van der Waals surface area contributed by atoms with Crippen LogP contribution >= 0.6 is 15.6 Å². The van der Waals surface area contributed by atoms with Crippen molar-refractivity contribution < 1.29 is 80.2 Å². The Bertz CT molecular complexity index is 2120. The van der Waals surface area contributed by atoms with Crippen LogP contribution in [0.3, 0.4) is 0 Å². The van der Waals surface area contributed by atoms with Crippen LogP contribution in [0.2, 0.25) is 0 Å². The molecule has 0 bridgehead atoms. The minimum Gasteiger partial charge on any atom is -0.462 e. The number of phosphoric ester groups is 2. The monoisotopic (exact) mass is 1630 g/mol. The second-order valence-electron chi connectivity index (χ2n) is 33.9. The minimum atomic E-state index is -4.97. The summed E-state index contributed by atoms with van der Waals surface area (Å²) >= 11 is 0. The van der Waals surface area contributed by atoms with Crippen molar-refractivity contribution in [3.05, 3.63) is 0 Å². The summed E-state index contributed by atoms with van der Waals surface area (Å²) in [6.45, 7) is 7.42. The summed E-state index contributed by atoms with van der Waals surface area (Å²) in [5.41, 5.74) is 0. The van der Waals surface area contributed by atoms with Gasteiger partial charge in [-0.05, 0) is 31.6 Å². The van der Waals surface area contributed by atoms with Gasteiger partial charge in [0.05, 0.1) is 26.4 Å². The van der Waals surface area contributed by atoms with Crippen LogP contribution in [0.25, 0.3) is 0 Å². The van der Waals surface area contributed by atoms with E-state index < -0.39 is 97.5 Å². The molecule has 2 unspecified atom stereocenters. The van der Waals surface area contributed by atoms with E-state index in [0.29, 0.717) is 25.7 Å². The Morgan fingerprint density at radius 1 is 0.241 bits per heavy atom. The minimum absolute atomic E-state index is 0.109. The average Bonchev–Trinajstić information content (AvgIpc) is 0.900. The Kier molecular flexibility index (Phi) is 84.0. The first kappa shape index (κ1) is 110. The number of unbranched alkanes of at least 4 members (excludes halogenated alkanes) is 65.